The fourth-order valence-electron chi connectivity index (χ4n) is 3.40. The number of amides is 1. The van der Waals surface area contributed by atoms with Gasteiger partial charge in [0.15, 0.2) is 5.96 Å². The zero-order chi connectivity index (χ0) is 19.1. The van der Waals surface area contributed by atoms with E-state index in [9.17, 15) is 4.79 Å². The van der Waals surface area contributed by atoms with Gasteiger partial charge in [-0.05, 0) is 56.7 Å². The monoisotopic (exact) mass is 562 g/mol. The lowest BCUT2D eigenvalue weighted by Crippen LogP contribution is -2.40. The predicted octanol–water partition coefficient (Wildman–Crippen LogP) is 3.96. The summed E-state index contributed by atoms with van der Waals surface area (Å²) >= 11 is 3.57. The normalized spacial score (nSPS) is 17.9. The Kier molecular flexibility index (Phi) is 9.53. The maximum atomic E-state index is 11.8. The molecule has 0 aromatic heterocycles. The molecule has 1 amide bonds. The fourth-order valence-corrected chi connectivity index (χ4v) is 3.80. The van der Waals surface area contributed by atoms with Crippen LogP contribution >= 0.6 is 39.9 Å². The number of nitrogens with one attached hydrogen (secondary N) is 3. The lowest BCUT2D eigenvalue weighted by Gasteiger charge is -2.24. The van der Waals surface area contributed by atoms with Gasteiger partial charge in [0.05, 0.1) is 6.54 Å². The Hall–Kier alpha value is -0.830. The van der Waals surface area contributed by atoms with Crippen molar-refractivity contribution in [3.8, 4) is 0 Å². The Labute approximate surface area is 194 Å². The van der Waals surface area contributed by atoms with E-state index in [1.54, 1.807) is 0 Å². The second kappa shape index (κ2) is 11.4. The molecular weight excluding hydrogens is 531 g/mol. The van der Waals surface area contributed by atoms with Gasteiger partial charge in [-0.3, -0.25) is 9.79 Å². The van der Waals surface area contributed by atoms with Crippen LogP contribution < -0.4 is 16.0 Å². The molecule has 7 heteroatoms. The van der Waals surface area contributed by atoms with Gasteiger partial charge in [0.25, 0.3) is 0 Å². The standard InChI is InChI=1S/C21H31BrN4O.HI/c1-2-23-20(25-13-5-12-24-19(27)16-6-3-7-16)26-15-21(10-11-21)17-8-4-9-18(22)14-17;/h4,8-9,14,16H,2-3,5-7,10-13,15H2,1H3,(H,24,27)(H2,23,25,26);1H. The molecule has 0 radical (unpaired) electrons. The van der Waals surface area contributed by atoms with Crippen molar-refractivity contribution in [3.63, 3.8) is 0 Å². The van der Waals surface area contributed by atoms with E-state index in [2.05, 4.69) is 63.1 Å². The van der Waals surface area contributed by atoms with Gasteiger partial charge >= 0.3 is 0 Å². The lowest BCUT2D eigenvalue weighted by atomic mass is 9.85. The molecule has 3 rings (SSSR count). The summed E-state index contributed by atoms with van der Waals surface area (Å²) in [4.78, 5) is 16.7. The van der Waals surface area contributed by atoms with Gasteiger partial charge in [0, 0.05) is 35.4 Å². The number of halogens is 2. The molecule has 3 N–H and O–H groups in total. The largest absolute Gasteiger partial charge is 0.357 e. The second-order valence-electron chi connectivity index (χ2n) is 7.69. The molecule has 1 aromatic carbocycles. The molecule has 0 spiro atoms. The first-order valence-corrected chi connectivity index (χ1v) is 11.0. The third-order valence-corrected chi connectivity index (χ3v) is 6.09. The maximum Gasteiger partial charge on any atom is 0.223 e. The summed E-state index contributed by atoms with van der Waals surface area (Å²) in [5, 5.41) is 9.76. The van der Waals surface area contributed by atoms with Crippen molar-refractivity contribution in [2.24, 2.45) is 10.9 Å². The Morgan fingerprint density at radius 1 is 1.21 bits per heavy atom. The number of nitrogens with zero attached hydrogens (tertiary/aromatic N) is 1. The first kappa shape index (κ1) is 23.4. The minimum Gasteiger partial charge on any atom is -0.357 e. The summed E-state index contributed by atoms with van der Waals surface area (Å²) in [6.07, 6.45) is 6.60. The van der Waals surface area contributed by atoms with E-state index in [4.69, 9.17) is 4.99 Å². The topological polar surface area (TPSA) is 65.5 Å². The molecule has 28 heavy (non-hydrogen) atoms. The summed E-state index contributed by atoms with van der Waals surface area (Å²) in [7, 11) is 0. The Bertz CT molecular complexity index is 674. The zero-order valence-electron chi connectivity index (χ0n) is 16.6. The van der Waals surface area contributed by atoms with Gasteiger partial charge < -0.3 is 16.0 Å². The van der Waals surface area contributed by atoms with Crippen molar-refractivity contribution in [2.75, 3.05) is 26.2 Å². The number of guanidine groups is 1. The van der Waals surface area contributed by atoms with Crippen molar-refractivity contribution in [1.82, 2.24) is 16.0 Å². The lowest BCUT2D eigenvalue weighted by molar-refractivity contribution is -0.127. The molecule has 0 atom stereocenters. The average molecular weight is 563 g/mol. The fraction of sp³-hybridized carbons (Fsp3) is 0.619. The number of carbonyl (C=O) groups is 1. The number of aliphatic imine (C=N–C) groups is 1. The van der Waals surface area contributed by atoms with Crippen LogP contribution in [0.25, 0.3) is 0 Å². The Morgan fingerprint density at radius 3 is 2.57 bits per heavy atom. The van der Waals surface area contributed by atoms with Crippen molar-refractivity contribution in [2.45, 2.75) is 50.9 Å². The molecule has 1 aromatic rings. The summed E-state index contributed by atoms with van der Waals surface area (Å²) in [5.41, 5.74) is 1.57. The predicted molar refractivity (Wildman–Crippen MR) is 129 cm³/mol. The van der Waals surface area contributed by atoms with Crippen LogP contribution in [0, 0.1) is 5.92 Å². The number of benzene rings is 1. The summed E-state index contributed by atoms with van der Waals surface area (Å²) in [6.45, 7) is 5.26. The zero-order valence-corrected chi connectivity index (χ0v) is 20.5. The van der Waals surface area contributed by atoms with Crippen LogP contribution in [-0.2, 0) is 10.2 Å². The summed E-state index contributed by atoms with van der Waals surface area (Å²) in [6, 6.07) is 8.59. The molecule has 2 aliphatic carbocycles. The van der Waals surface area contributed by atoms with E-state index < -0.39 is 0 Å². The first-order valence-electron chi connectivity index (χ1n) is 10.2. The van der Waals surface area contributed by atoms with E-state index in [0.717, 1.165) is 55.9 Å². The van der Waals surface area contributed by atoms with Crippen LogP contribution in [0.15, 0.2) is 33.7 Å². The van der Waals surface area contributed by atoms with E-state index in [0.29, 0.717) is 0 Å². The SMILES string of the molecule is CCNC(=NCC1(c2cccc(Br)c2)CC1)NCCCNC(=O)C1CCC1.I. The first-order chi connectivity index (χ1) is 13.1. The van der Waals surface area contributed by atoms with Gasteiger partial charge in [0.2, 0.25) is 5.91 Å². The molecule has 156 valence electrons. The molecule has 0 heterocycles. The molecule has 5 nitrogen and oxygen atoms in total. The number of carbonyl (C=O) groups excluding carboxylic acids is 1. The summed E-state index contributed by atoms with van der Waals surface area (Å²) in [5.74, 6) is 1.36. The van der Waals surface area contributed by atoms with Crippen LogP contribution in [0.2, 0.25) is 0 Å². The van der Waals surface area contributed by atoms with Gasteiger partial charge in [-0.2, -0.15) is 0 Å². The quantitative estimate of drug-likeness (QED) is 0.185. The smallest absolute Gasteiger partial charge is 0.223 e. The highest BCUT2D eigenvalue weighted by atomic mass is 127. The second-order valence-corrected chi connectivity index (χ2v) is 8.60. The van der Waals surface area contributed by atoms with Gasteiger partial charge in [-0.25, -0.2) is 0 Å². The summed E-state index contributed by atoms with van der Waals surface area (Å²) < 4.78 is 1.13. The molecular formula is C21H32BrIN4O. The van der Waals surface area contributed by atoms with Gasteiger partial charge in [-0.1, -0.05) is 34.5 Å². The van der Waals surface area contributed by atoms with Crippen molar-refractivity contribution >= 4 is 51.8 Å². The van der Waals surface area contributed by atoms with E-state index in [1.165, 1.54) is 24.8 Å². The number of hydrogen-bond acceptors (Lipinski definition) is 2. The molecule has 2 fully saturated rings. The third-order valence-electron chi connectivity index (χ3n) is 5.60. The number of rotatable bonds is 9. The van der Waals surface area contributed by atoms with Crippen LogP contribution in [0.4, 0.5) is 0 Å². The van der Waals surface area contributed by atoms with Crippen LogP contribution in [0.5, 0.6) is 0 Å². The highest BCUT2D eigenvalue weighted by molar-refractivity contribution is 14.0. The third kappa shape index (κ3) is 6.61. The van der Waals surface area contributed by atoms with E-state index in [-0.39, 0.29) is 41.2 Å². The van der Waals surface area contributed by atoms with E-state index >= 15 is 0 Å². The van der Waals surface area contributed by atoms with Crippen molar-refractivity contribution < 1.29 is 4.79 Å². The van der Waals surface area contributed by atoms with Gasteiger partial charge in [0.1, 0.15) is 0 Å². The van der Waals surface area contributed by atoms with Crippen molar-refractivity contribution in [1.29, 1.82) is 0 Å². The Balaban J connectivity index is 0.00000280. The van der Waals surface area contributed by atoms with Crippen LogP contribution in [-0.4, -0.2) is 38.0 Å². The minimum absolute atomic E-state index is 0. The molecule has 0 unspecified atom stereocenters. The molecule has 0 bridgehead atoms. The average Bonchev–Trinajstić information content (AvgIpc) is 3.39. The van der Waals surface area contributed by atoms with Crippen molar-refractivity contribution in [3.05, 3.63) is 34.3 Å². The molecule has 0 aliphatic heterocycles. The Morgan fingerprint density at radius 2 is 1.96 bits per heavy atom. The van der Waals surface area contributed by atoms with Crippen LogP contribution in [0.1, 0.15) is 51.0 Å². The van der Waals surface area contributed by atoms with Crippen LogP contribution in [0.3, 0.4) is 0 Å². The molecule has 0 saturated heterocycles. The van der Waals surface area contributed by atoms with Gasteiger partial charge in [-0.15, -0.1) is 24.0 Å². The van der Waals surface area contributed by atoms with E-state index in [1.807, 2.05) is 0 Å². The minimum atomic E-state index is 0. The number of hydrogen-bond donors (Lipinski definition) is 3. The highest BCUT2D eigenvalue weighted by Crippen LogP contribution is 2.48. The highest BCUT2D eigenvalue weighted by Gasteiger charge is 2.44. The maximum absolute atomic E-state index is 11.8. The molecule has 2 aliphatic rings. The molecule has 2 saturated carbocycles.